The third-order valence-corrected chi connectivity index (χ3v) is 7.93. The fraction of sp³-hybridized carbons (Fsp3) is 0.632. The molecule has 1 N–H and O–H groups in total. The third kappa shape index (κ3) is 4.50. The average molecular weight is 523 g/mol. The second-order valence-electron chi connectivity index (χ2n) is 8.35. The Kier molecular flexibility index (Phi) is 6.79. The number of fused-ring (bicyclic) bond motifs is 1. The van der Waals surface area contributed by atoms with Crippen LogP contribution in [0.5, 0.6) is 11.5 Å². The van der Waals surface area contributed by atoms with Gasteiger partial charge >= 0.3 is 0 Å². The van der Waals surface area contributed by atoms with Gasteiger partial charge in [-0.3, -0.25) is 4.99 Å². The summed E-state index contributed by atoms with van der Waals surface area (Å²) in [6, 6.07) is 6.00. The number of nitrogens with zero attached hydrogens (tertiary/aromatic N) is 2. The van der Waals surface area contributed by atoms with Crippen LogP contribution in [0, 0.1) is 0 Å². The lowest BCUT2D eigenvalue weighted by atomic mass is 9.84. The second-order valence-corrected chi connectivity index (χ2v) is 11.1. The van der Waals surface area contributed by atoms with Crippen LogP contribution in [0.25, 0.3) is 0 Å². The summed E-state index contributed by atoms with van der Waals surface area (Å²) in [5, 5.41) is 3.42. The van der Waals surface area contributed by atoms with Gasteiger partial charge in [0.05, 0.1) is 10.5 Å². The molecule has 158 valence electrons. The number of nitrogens with one attached hydrogen (secondary N) is 1. The van der Waals surface area contributed by atoms with Crippen LogP contribution in [0.2, 0.25) is 0 Å². The number of benzene rings is 1. The van der Waals surface area contributed by atoms with Gasteiger partial charge in [-0.2, -0.15) is 0 Å². The van der Waals surface area contributed by atoms with Gasteiger partial charge in [0.15, 0.2) is 27.3 Å². The smallest absolute Gasteiger partial charge is 0.231 e. The maximum absolute atomic E-state index is 12.2. The molecule has 1 aromatic carbocycles. The molecule has 3 rings (SSSR count). The Balaban J connectivity index is 0.00000280. The van der Waals surface area contributed by atoms with Crippen molar-refractivity contribution in [2.75, 3.05) is 39.2 Å². The van der Waals surface area contributed by atoms with Gasteiger partial charge in [-0.15, -0.1) is 24.0 Å². The lowest BCUT2D eigenvalue weighted by molar-refractivity contribution is 0.174. The van der Waals surface area contributed by atoms with Crippen LogP contribution in [-0.4, -0.2) is 63.3 Å². The number of aliphatic imine (C=N–C) groups is 1. The normalized spacial score (nSPS) is 20.5. The fourth-order valence-electron chi connectivity index (χ4n) is 3.38. The summed E-state index contributed by atoms with van der Waals surface area (Å²) in [5.74, 6) is 2.42. The summed E-state index contributed by atoms with van der Waals surface area (Å²) in [5.41, 5.74) is 0.963. The quantitative estimate of drug-likeness (QED) is 0.373. The first-order valence-electron chi connectivity index (χ1n) is 9.14. The number of ether oxygens (including phenoxy) is 2. The molecule has 0 radical (unpaired) electrons. The van der Waals surface area contributed by atoms with Crippen LogP contribution in [-0.2, 0) is 15.3 Å². The SMILES string of the molecule is CN=C(NCC(C)(C)c1ccc2c(c1)OCO2)N1CCS(=O)(=O)C(C)(C)C1.I. The number of hydrogen-bond acceptors (Lipinski definition) is 5. The molecular weight excluding hydrogens is 493 g/mol. The maximum Gasteiger partial charge on any atom is 0.231 e. The molecule has 7 nitrogen and oxygen atoms in total. The van der Waals surface area contributed by atoms with Crippen molar-refractivity contribution in [3.63, 3.8) is 0 Å². The van der Waals surface area contributed by atoms with E-state index in [1.54, 1.807) is 20.9 Å². The predicted molar refractivity (Wildman–Crippen MR) is 122 cm³/mol. The number of hydrogen-bond donors (Lipinski definition) is 1. The molecule has 2 heterocycles. The van der Waals surface area contributed by atoms with Crippen molar-refractivity contribution in [2.45, 2.75) is 37.9 Å². The number of sulfone groups is 1. The standard InChI is InChI=1S/C19H29N3O4S.HI/c1-18(2,14-6-7-15-16(10-14)26-13-25-15)11-21-17(20-5)22-8-9-27(23,24)19(3,4)12-22;/h6-7,10H,8-9,11-13H2,1-5H3,(H,20,21);1H. The molecule has 2 aliphatic rings. The van der Waals surface area contributed by atoms with E-state index in [2.05, 4.69) is 30.2 Å². The molecule has 1 aromatic rings. The first kappa shape index (κ1) is 23.1. The number of halogens is 1. The van der Waals surface area contributed by atoms with Crippen molar-refractivity contribution in [2.24, 2.45) is 4.99 Å². The van der Waals surface area contributed by atoms with E-state index in [1.165, 1.54) is 0 Å². The van der Waals surface area contributed by atoms with E-state index in [9.17, 15) is 8.42 Å². The molecule has 0 unspecified atom stereocenters. The van der Waals surface area contributed by atoms with Crippen LogP contribution >= 0.6 is 24.0 Å². The molecule has 0 spiro atoms. The first-order valence-corrected chi connectivity index (χ1v) is 10.8. The van der Waals surface area contributed by atoms with Gasteiger partial charge in [0.25, 0.3) is 0 Å². The van der Waals surface area contributed by atoms with Crippen molar-refractivity contribution in [3.8, 4) is 11.5 Å². The van der Waals surface area contributed by atoms with Crippen LogP contribution in [0.3, 0.4) is 0 Å². The third-order valence-electron chi connectivity index (χ3n) is 5.40. The number of guanidine groups is 1. The summed E-state index contributed by atoms with van der Waals surface area (Å²) in [7, 11) is -1.35. The lowest BCUT2D eigenvalue weighted by Crippen LogP contribution is -2.58. The van der Waals surface area contributed by atoms with Crippen molar-refractivity contribution >= 4 is 39.8 Å². The molecule has 0 atom stereocenters. The number of rotatable bonds is 3. The fourth-order valence-corrected chi connectivity index (χ4v) is 4.74. The monoisotopic (exact) mass is 523 g/mol. The highest BCUT2D eigenvalue weighted by atomic mass is 127. The zero-order chi connectivity index (χ0) is 19.9. The van der Waals surface area contributed by atoms with E-state index in [1.807, 2.05) is 17.0 Å². The highest BCUT2D eigenvalue weighted by Crippen LogP contribution is 2.36. The van der Waals surface area contributed by atoms with Crippen molar-refractivity contribution < 1.29 is 17.9 Å². The Bertz CT molecular complexity index is 853. The van der Waals surface area contributed by atoms with Crippen LogP contribution in [0.1, 0.15) is 33.3 Å². The minimum Gasteiger partial charge on any atom is -0.454 e. The largest absolute Gasteiger partial charge is 0.454 e. The van der Waals surface area contributed by atoms with Crippen molar-refractivity contribution in [1.29, 1.82) is 0 Å². The van der Waals surface area contributed by atoms with Crippen molar-refractivity contribution in [3.05, 3.63) is 23.8 Å². The minimum atomic E-state index is -3.08. The van der Waals surface area contributed by atoms with E-state index in [4.69, 9.17) is 9.47 Å². The van der Waals surface area contributed by atoms with Gasteiger partial charge in [-0.25, -0.2) is 8.42 Å². The molecule has 0 amide bonds. The molecule has 0 saturated carbocycles. The Morgan fingerprint density at radius 2 is 1.96 bits per heavy atom. The van der Waals surface area contributed by atoms with E-state index in [0.717, 1.165) is 23.0 Å². The minimum absolute atomic E-state index is 0. The van der Waals surface area contributed by atoms with Gasteiger partial charge in [0, 0.05) is 32.1 Å². The molecule has 1 saturated heterocycles. The van der Waals surface area contributed by atoms with E-state index < -0.39 is 14.6 Å². The van der Waals surface area contributed by atoms with Crippen LogP contribution in [0.4, 0.5) is 0 Å². The molecule has 28 heavy (non-hydrogen) atoms. The molecule has 2 aliphatic heterocycles. The summed E-state index contributed by atoms with van der Waals surface area (Å²) in [6.07, 6.45) is 0. The van der Waals surface area contributed by atoms with Gasteiger partial charge in [0.1, 0.15) is 0 Å². The zero-order valence-corrected chi connectivity index (χ0v) is 20.3. The summed E-state index contributed by atoms with van der Waals surface area (Å²) in [4.78, 5) is 6.40. The molecule has 0 aliphatic carbocycles. The van der Waals surface area contributed by atoms with Gasteiger partial charge in [0.2, 0.25) is 6.79 Å². The Morgan fingerprint density at radius 3 is 2.61 bits per heavy atom. The summed E-state index contributed by atoms with van der Waals surface area (Å²) >= 11 is 0. The van der Waals surface area contributed by atoms with E-state index in [0.29, 0.717) is 19.6 Å². The van der Waals surface area contributed by atoms with Crippen LogP contribution in [0.15, 0.2) is 23.2 Å². The topological polar surface area (TPSA) is 80.2 Å². The van der Waals surface area contributed by atoms with Crippen LogP contribution < -0.4 is 14.8 Å². The van der Waals surface area contributed by atoms with Gasteiger partial charge in [-0.1, -0.05) is 19.9 Å². The van der Waals surface area contributed by atoms with E-state index >= 15 is 0 Å². The predicted octanol–water partition coefficient (Wildman–Crippen LogP) is 2.40. The Hall–Kier alpha value is -1.23. The average Bonchev–Trinajstić information content (AvgIpc) is 3.06. The summed E-state index contributed by atoms with van der Waals surface area (Å²) < 4.78 is 34.6. The van der Waals surface area contributed by atoms with Gasteiger partial charge in [-0.05, 0) is 31.5 Å². The van der Waals surface area contributed by atoms with E-state index in [-0.39, 0.29) is 41.9 Å². The molecule has 1 fully saturated rings. The zero-order valence-electron chi connectivity index (χ0n) is 17.1. The molecular formula is C19H30IN3O4S. The summed E-state index contributed by atoms with van der Waals surface area (Å²) in [6.45, 7) is 9.65. The molecule has 0 aromatic heterocycles. The Morgan fingerprint density at radius 1 is 1.29 bits per heavy atom. The molecule has 9 heteroatoms. The molecule has 0 bridgehead atoms. The lowest BCUT2D eigenvalue weighted by Gasteiger charge is -2.40. The van der Waals surface area contributed by atoms with Gasteiger partial charge < -0.3 is 19.7 Å². The highest BCUT2D eigenvalue weighted by molar-refractivity contribution is 14.0. The second kappa shape index (κ2) is 8.25. The maximum atomic E-state index is 12.2. The van der Waals surface area contributed by atoms with Crippen molar-refractivity contribution in [1.82, 2.24) is 10.2 Å². The first-order chi connectivity index (χ1) is 12.6. The Labute approximate surface area is 184 Å². The highest BCUT2D eigenvalue weighted by Gasteiger charge is 2.41.